The molecule has 1 aromatic rings. The number of hydrogen-bond acceptors (Lipinski definition) is 2. The fourth-order valence-electron chi connectivity index (χ4n) is 1.98. The van der Waals surface area contributed by atoms with E-state index in [-0.39, 0.29) is 11.5 Å². The maximum Gasteiger partial charge on any atom is 0.329 e. The molecule has 1 aromatic carbocycles. The zero-order valence-corrected chi connectivity index (χ0v) is 10.2. The lowest BCUT2D eigenvalue weighted by Crippen LogP contribution is -2.54. The number of benzene rings is 1. The van der Waals surface area contributed by atoms with Crippen LogP contribution in [0, 0.1) is 17.6 Å². The summed E-state index contributed by atoms with van der Waals surface area (Å²) in [6.07, 6.45) is 1.42. The van der Waals surface area contributed by atoms with Gasteiger partial charge in [0.1, 0.15) is 17.2 Å². The van der Waals surface area contributed by atoms with Gasteiger partial charge in [-0.3, -0.25) is 4.79 Å². The molecule has 1 atom stereocenters. The van der Waals surface area contributed by atoms with Crippen molar-refractivity contribution in [1.29, 1.82) is 0 Å². The Labute approximate surface area is 108 Å². The van der Waals surface area contributed by atoms with Crippen molar-refractivity contribution in [2.75, 3.05) is 0 Å². The first-order valence-corrected chi connectivity index (χ1v) is 5.85. The lowest BCUT2D eigenvalue weighted by atomic mass is 9.95. The number of halogens is 2. The number of nitrogens with one attached hydrogen (secondary N) is 1. The predicted molar refractivity (Wildman–Crippen MR) is 62.6 cm³/mol. The Morgan fingerprint density at radius 2 is 1.79 bits per heavy atom. The highest BCUT2D eigenvalue weighted by atomic mass is 19.1. The zero-order valence-electron chi connectivity index (χ0n) is 10.2. The molecule has 1 aliphatic carbocycles. The average Bonchev–Trinajstić information content (AvgIpc) is 3.10. The molecule has 0 aliphatic heterocycles. The lowest BCUT2D eigenvalue weighted by Gasteiger charge is -2.26. The van der Waals surface area contributed by atoms with Gasteiger partial charge in [0, 0.05) is 11.6 Å². The van der Waals surface area contributed by atoms with Gasteiger partial charge in [0.2, 0.25) is 0 Å². The van der Waals surface area contributed by atoms with E-state index in [1.165, 1.54) is 6.92 Å². The molecule has 0 saturated heterocycles. The second-order valence-electron chi connectivity index (χ2n) is 4.89. The van der Waals surface area contributed by atoms with E-state index < -0.39 is 29.0 Å². The maximum absolute atomic E-state index is 13.0. The fourth-order valence-corrected chi connectivity index (χ4v) is 1.98. The summed E-state index contributed by atoms with van der Waals surface area (Å²) in [6.45, 7) is 1.40. The van der Waals surface area contributed by atoms with Crippen LogP contribution in [0.4, 0.5) is 8.78 Å². The summed E-state index contributed by atoms with van der Waals surface area (Å²) in [5.41, 5.74) is -1.63. The Morgan fingerprint density at radius 3 is 2.21 bits per heavy atom. The molecule has 1 unspecified atom stereocenters. The molecule has 4 nitrogen and oxygen atoms in total. The molecule has 0 radical (unpaired) electrons. The molecule has 2 N–H and O–H groups in total. The summed E-state index contributed by atoms with van der Waals surface area (Å²) < 4.78 is 26.0. The Balaban J connectivity index is 2.22. The zero-order chi connectivity index (χ0) is 14.2. The van der Waals surface area contributed by atoms with E-state index in [2.05, 4.69) is 5.32 Å². The van der Waals surface area contributed by atoms with Crippen molar-refractivity contribution in [3.63, 3.8) is 0 Å². The van der Waals surface area contributed by atoms with Crippen LogP contribution in [0.1, 0.15) is 30.1 Å². The molecule has 2 rings (SSSR count). The maximum atomic E-state index is 13.0. The normalized spacial score (nSPS) is 17.6. The van der Waals surface area contributed by atoms with Crippen molar-refractivity contribution in [3.05, 3.63) is 35.4 Å². The summed E-state index contributed by atoms with van der Waals surface area (Å²) in [5.74, 6) is -3.86. The van der Waals surface area contributed by atoms with Crippen molar-refractivity contribution in [3.8, 4) is 0 Å². The molecule has 1 fully saturated rings. The van der Waals surface area contributed by atoms with Gasteiger partial charge in [-0.1, -0.05) is 0 Å². The largest absolute Gasteiger partial charge is 0.480 e. The van der Waals surface area contributed by atoms with E-state index in [0.29, 0.717) is 18.9 Å². The minimum atomic E-state index is -1.40. The Morgan fingerprint density at radius 1 is 1.26 bits per heavy atom. The molecule has 6 heteroatoms. The standard InChI is InChI=1S/C13H13F2NO3/c1-13(12(18)19,8-2-3-8)16-11(17)7-4-9(14)6-10(15)5-7/h4-6,8H,2-3H2,1H3,(H,16,17)(H,18,19). The number of carboxylic acid groups (broad SMARTS) is 1. The van der Waals surface area contributed by atoms with Gasteiger partial charge in [0.25, 0.3) is 5.91 Å². The average molecular weight is 269 g/mol. The highest BCUT2D eigenvalue weighted by molar-refractivity contribution is 5.98. The van der Waals surface area contributed by atoms with E-state index in [4.69, 9.17) is 0 Å². The molecule has 102 valence electrons. The summed E-state index contributed by atoms with van der Waals surface area (Å²) in [7, 11) is 0. The van der Waals surface area contributed by atoms with Gasteiger partial charge in [-0.2, -0.15) is 0 Å². The molecule has 1 aliphatic rings. The third kappa shape index (κ3) is 2.72. The summed E-state index contributed by atoms with van der Waals surface area (Å²) >= 11 is 0. The number of carboxylic acids is 1. The fraction of sp³-hybridized carbons (Fsp3) is 0.385. The minimum absolute atomic E-state index is 0.146. The predicted octanol–water partition coefficient (Wildman–Crippen LogP) is 1.95. The molecule has 0 heterocycles. The highest BCUT2D eigenvalue weighted by Gasteiger charge is 2.48. The van der Waals surface area contributed by atoms with Crippen LogP contribution in [0.25, 0.3) is 0 Å². The topological polar surface area (TPSA) is 66.4 Å². The quantitative estimate of drug-likeness (QED) is 0.878. The molecule has 0 bridgehead atoms. The molecule has 1 amide bonds. The van der Waals surface area contributed by atoms with Gasteiger partial charge in [0.05, 0.1) is 0 Å². The van der Waals surface area contributed by atoms with Crippen molar-refractivity contribution < 1.29 is 23.5 Å². The summed E-state index contributed by atoms with van der Waals surface area (Å²) in [4.78, 5) is 23.1. The van der Waals surface area contributed by atoms with E-state index in [1.54, 1.807) is 0 Å². The molecular weight excluding hydrogens is 256 g/mol. The third-order valence-corrected chi connectivity index (χ3v) is 3.34. The Bertz CT molecular complexity index is 522. The van der Waals surface area contributed by atoms with Gasteiger partial charge in [-0.05, 0) is 37.8 Å². The van der Waals surface area contributed by atoms with Crippen LogP contribution in [-0.2, 0) is 4.79 Å². The smallest absolute Gasteiger partial charge is 0.329 e. The van der Waals surface area contributed by atoms with Gasteiger partial charge in [-0.15, -0.1) is 0 Å². The number of aliphatic carboxylic acids is 1. The van der Waals surface area contributed by atoms with Crippen molar-refractivity contribution in [2.24, 2.45) is 5.92 Å². The first kappa shape index (κ1) is 13.5. The van der Waals surface area contributed by atoms with Gasteiger partial charge in [-0.25, -0.2) is 13.6 Å². The number of rotatable bonds is 4. The Hall–Kier alpha value is -1.98. The molecule has 1 saturated carbocycles. The van der Waals surface area contributed by atoms with E-state index in [1.807, 2.05) is 0 Å². The van der Waals surface area contributed by atoms with Crippen LogP contribution in [0.2, 0.25) is 0 Å². The van der Waals surface area contributed by atoms with Crippen LogP contribution >= 0.6 is 0 Å². The van der Waals surface area contributed by atoms with Gasteiger partial charge < -0.3 is 10.4 Å². The van der Waals surface area contributed by atoms with Crippen LogP contribution in [0.5, 0.6) is 0 Å². The van der Waals surface area contributed by atoms with Crippen LogP contribution in [0.3, 0.4) is 0 Å². The number of hydrogen-bond donors (Lipinski definition) is 2. The summed E-state index contributed by atoms with van der Waals surface area (Å²) in [6, 6.07) is 2.38. The number of amides is 1. The van der Waals surface area contributed by atoms with Gasteiger partial charge in [0.15, 0.2) is 0 Å². The first-order chi connectivity index (χ1) is 8.83. The lowest BCUT2D eigenvalue weighted by molar-refractivity contribution is -0.144. The number of carbonyl (C=O) groups is 2. The van der Waals surface area contributed by atoms with Crippen molar-refractivity contribution >= 4 is 11.9 Å². The van der Waals surface area contributed by atoms with Crippen molar-refractivity contribution in [1.82, 2.24) is 5.32 Å². The molecular formula is C13H13F2NO3. The van der Waals surface area contributed by atoms with Crippen molar-refractivity contribution in [2.45, 2.75) is 25.3 Å². The van der Waals surface area contributed by atoms with E-state index in [0.717, 1.165) is 12.1 Å². The SMILES string of the molecule is CC(NC(=O)c1cc(F)cc(F)c1)(C(=O)O)C1CC1. The molecule has 0 spiro atoms. The van der Waals surface area contributed by atoms with E-state index in [9.17, 15) is 23.5 Å². The third-order valence-electron chi connectivity index (χ3n) is 3.34. The van der Waals surface area contributed by atoms with E-state index >= 15 is 0 Å². The first-order valence-electron chi connectivity index (χ1n) is 5.85. The monoisotopic (exact) mass is 269 g/mol. The number of carbonyl (C=O) groups excluding carboxylic acids is 1. The highest BCUT2D eigenvalue weighted by Crippen LogP contribution is 2.39. The van der Waals surface area contributed by atoms with Crippen LogP contribution < -0.4 is 5.32 Å². The molecule has 0 aromatic heterocycles. The Kier molecular flexibility index (Phi) is 3.26. The molecule has 19 heavy (non-hydrogen) atoms. The summed E-state index contributed by atoms with van der Waals surface area (Å²) in [5, 5.41) is 11.5. The second-order valence-corrected chi connectivity index (χ2v) is 4.89. The second kappa shape index (κ2) is 4.60. The van der Waals surface area contributed by atoms with Crippen LogP contribution in [0.15, 0.2) is 18.2 Å². The minimum Gasteiger partial charge on any atom is -0.480 e. The van der Waals surface area contributed by atoms with Gasteiger partial charge >= 0.3 is 5.97 Å². The van der Waals surface area contributed by atoms with Crippen LogP contribution in [-0.4, -0.2) is 22.5 Å².